The first-order valence-corrected chi connectivity index (χ1v) is 12.5. The van der Waals surface area contributed by atoms with Gasteiger partial charge in [0.05, 0.1) is 6.54 Å². The van der Waals surface area contributed by atoms with Gasteiger partial charge in [0.15, 0.2) is 0 Å². The van der Waals surface area contributed by atoms with E-state index in [1.54, 1.807) is 11.8 Å². The third kappa shape index (κ3) is 5.72. The summed E-state index contributed by atoms with van der Waals surface area (Å²) in [5.74, 6) is 0.155. The van der Waals surface area contributed by atoms with Crippen LogP contribution < -0.4 is 4.90 Å². The molecule has 1 aliphatic rings. The Balaban J connectivity index is 2.14. The number of carbonyl (C=O) groups is 1. The number of rotatable bonds is 9. The van der Waals surface area contributed by atoms with Crippen LogP contribution in [0.1, 0.15) is 82.4 Å². The van der Waals surface area contributed by atoms with Crippen molar-refractivity contribution in [2.24, 2.45) is 5.92 Å². The molecule has 0 bridgehead atoms. The molecule has 0 aliphatic heterocycles. The van der Waals surface area contributed by atoms with Gasteiger partial charge in [-0.2, -0.15) is 0 Å². The SMILES string of the molecule is C=C(C)C1CCC(C)=CC1c1c(O)cc(CCCCC)c(CN(C(C)=O)c2ccccc2)c1O. The molecule has 2 aromatic rings. The van der Waals surface area contributed by atoms with E-state index in [9.17, 15) is 15.0 Å². The third-order valence-corrected chi connectivity index (χ3v) is 7.04. The Bertz CT molecular complexity index is 1050. The highest BCUT2D eigenvalue weighted by atomic mass is 16.3. The van der Waals surface area contributed by atoms with E-state index in [2.05, 4.69) is 26.5 Å². The molecule has 34 heavy (non-hydrogen) atoms. The highest BCUT2D eigenvalue weighted by Gasteiger charge is 2.32. The number of para-hydroxylation sites is 1. The summed E-state index contributed by atoms with van der Waals surface area (Å²) in [5, 5.41) is 22.8. The van der Waals surface area contributed by atoms with E-state index in [-0.39, 0.29) is 35.8 Å². The Hall–Kier alpha value is -3.01. The average Bonchev–Trinajstić information content (AvgIpc) is 2.79. The summed E-state index contributed by atoms with van der Waals surface area (Å²) in [6, 6.07) is 11.4. The molecule has 1 amide bonds. The number of hydrogen-bond acceptors (Lipinski definition) is 3. The van der Waals surface area contributed by atoms with E-state index in [4.69, 9.17) is 0 Å². The summed E-state index contributed by atoms with van der Waals surface area (Å²) in [5.41, 5.74) is 5.27. The third-order valence-electron chi connectivity index (χ3n) is 7.04. The van der Waals surface area contributed by atoms with Gasteiger partial charge in [-0.3, -0.25) is 4.79 Å². The normalized spacial score (nSPS) is 17.8. The van der Waals surface area contributed by atoms with Crippen LogP contribution >= 0.6 is 0 Å². The van der Waals surface area contributed by atoms with Gasteiger partial charge in [-0.15, -0.1) is 0 Å². The number of aryl methyl sites for hydroxylation is 1. The van der Waals surface area contributed by atoms with Crippen LogP contribution in [0.4, 0.5) is 5.69 Å². The molecular formula is C30H39NO3. The summed E-state index contributed by atoms with van der Waals surface area (Å²) in [6.45, 7) is 12.3. The second-order valence-electron chi connectivity index (χ2n) is 9.72. The van der Waals surface area contributed by atoms with Crippen molar-refractivity contribution < 1.29 is 15.0 Å². The van der Waals surface area contributed by atoms with Crippen molar-refractivity contribution in [1.82, 2.24) is 0 Å². The van der Waals surface area contributed by atoms with Crippen molar-refractivity contribution in [3.05, 3.63) is 76.9 Å². The molecule has 0 spiro atoms. The van der Waals surface area contributed by atoms with Crippen molar-refractivity contribution in [1.29, 1.82) is 0 Å². The van der Waals surface area contributed by atoms with Crippen LogP contribution in [0, 0.1) is 5.92 Å². The molecule has 2 N–H and O–H groups in total. The molecule has 0 fully saturated rings. The minimum absolute atomic E-state index is 0.0899. The zero-order valence-corrected chi connectivity index (χ0v) is 21.1. The van der Waals surface area contributed by atoms with Crippen molar-refractivity contribution in [3.8, 4) is 11.5 Å². The fraction of sp³-hybridized carbons (Fsp3) is 0.433. The van der Waals surface area contributed by atoms with Crippen LogP contribution in [-0.4, -0.2) is 16.1 Å². The van der Waals surface area contributed by atoms with Gasteiger partial charge in [-0.25, -0.2) is 0 Å². The lowest BCUT2D eigenvalue weighted by atomic mass is 9.73. The van der Waals surface area contributed by atoms with Gasteiger partial charge in [0.1, 0.15) is 11.5 Å². The maximum Gasteiger partial charge on any atom is 0.224 e. The molecule has 4 heteroatoms. The molecule has 3 rings (SSSR count). The fourth-order valence-corrected chi connectivity index (χ4v) is 5.12. The van der Waals surface area contributed by atoms with Crippen LogP contribution in [0.3, 0.4) is 0 Å². The molecule has 1 aliphatic carbocycles. The van der Waals surface area contributed by atoms with Crippen molar-refractivity contribution in [2.75, 3.05) is 4.90 Å². The van der Waals surface area contributed by atoms with Gasteiger partial charge < -0.3 is 15.1 Å². The van der Waals surface area contributed by atoms with E-state index in [1.807, 2.05) is 43.3 Å². The molecule has 0 radical (unpaired) electrons. The number of phenolic OH excluding ortho intramolecular Hbond substituents is 2. The Labute approximate surface area is 204 Å². The highest BCUT2D eigenvalue weighted by Crippen LogP contribution is 2.48. The van der Waals surface area contributed by atoms with E-state index in [0.717, 1.165) is 60.9 Å². The summed E-state index contributed by atoms with van der Waals surface area (Å²) < 4.78 is 0. The topological polar surface area (TPSA) is 60.8 Å². The minimum Gasteiger partial charge on any atom is -0.507 e. The fourth-order valence-electron chi connectivity index (χ4n) is 5.12. The maximum atomic E-state index is 12.6. The molecule has 4 nitrogen and oxygen atoms in total. The van der Waals surface area contributed by atoms with E-state index >= 15 is 0 Å². The summed E-state index contributed by atoms with van der Waals surface area (Å²) in [4.78, 5) is 14.3. The first kappa shape index (κ1) is 25.6. The van der Waals surface area contributed by atoms with Crippen molar-refractivity contribution in [3.63, 3.8) is 0 Å². The lowest BCUT2D eigenvalue weighted by molar-refractivity contribution is -0.116. The number of allylic oxidation sites excluding steroid dienone is 3. The summed E-state index contributed by atoms with van der Waals surface area (Å²) in [7, 11) is 0. The Morgan fingerprint density at radius 1 is 1.15 bits per heavy atom. The largest absolute Gasteiger partial charge is 0.507 e. The number of nitrogens with zero attached hydrogens (tertiary/aromatic N) is 1. The molecule has 2 atom stereocenters. The number of carbonyl (C=O) groups excluding carboxylic acids is 1. The van der Waals surface area contributed by atoms with Crippen LogP contribution in [0.2, 0.25) is 0 Å². The molecule has 182 valence electrons. The Morgan fingerprint density at radius 3 is 2.47 bits per heavy atom. The van der Waals surface area contributed by atoms with E-state index in [0.29, 0.717) is 5.56 Å². The van der Waals surface area contributed by atoms with Gasteiger partial charge in [0.2, 0.25) is 5.91 Å². The Morgan fingerprint density at radius 2 is 1.85 bits per heavy atom. The summed E-state index contributed by atoms with van der Waals surface area (Å²) >= 11 is 0. The number of benzene rings is 2. The number of amides is 1. The lowest BCUT2D eigenvalue weighted by Gasteiger charge is -2.33. The lowest BCUT2D eigenvalue weighted by Crippen LogP contribution is -2.28. The van der Waals surface area contributed by atoms with Crippen LogP contribution in [0.25, 0.3) is 0 Å². The van der Waals surface area contributed by atoms with Crippen LogP contribution in [0.15, 0.2) is 60.2 Å². The van der Waals surface area contributed by atoms with Gasteiger partial charge in [0.25, 0.3) is 0 Å². The number of unbranched alkanes of at least 4 members (excludes halogenated alkanes) is 2. The second kappa shape index (κ2) is 11.4. The van der Waals surface area contributed by atoms with Gasteiger partial charge >= 0.3 is 0 Å². The number of aromatic hydroxyl groups is 2. The first-order chi connectivity index (χ1) is 16.2. The zero-order valence-electron chi connectivity index (χ0n) is 21.1. The smallest absolute Gasteiger partial charge is 0.224 e. The molecule has 2 aromatic carbocycles. The van der Waals surface area contributed by atoms with Crippen LogP contribution in [0.5, 0.6) is 11.5 Å². The predicted molar refractivity (Wildman–Crippen MR) is 140 cm³/mol. The number of hydrogen-bond donors (Lipinski definition) is 2. The van der Waals surface area contributed by atoms with Gasteiger partial charge in [-0.05, 0) is 69.2 Å². The van der Waals surface area contributed by atoms with Crippen molar-refractivity contribution in [2.45, 2.75) is 78.7 Å². The number of phenols is 2. The summed E-state index contributed by atoms with van der Waals surface area (Å²) in [6.07, 6.45) is 7.96. The molecular weight excluding hydrogens is 422 g/mol. The maximum absolute atomic E-state index is 12.6. The second-order valence-corrected chi connectivity index (χ2v) is 9.72. The monoisotopic (exact) mass is 461 g/mol. The van der Waals surface area contributed by atoms with Gasteiger partial charge in [0, 0.05) is 29.7 Å². The van der Waals surface area contributed by atoms with E-state index in [1.165, 1.54) is 5.57 Å². The minimum atomic E-state index is -0.141. The molecule has 0 saturated heterocycles. The molecule has 2 unspecified atom stereocenters. The quantitative estimate of drug-likeness (QED) is 0.302. The van der Waals surface area contributed by atoms with Crippen LogP contribution in [-0.2, 0) is 17.8 Å². The molecule has 0 aromatic heterocycles. The molecule has 0 heterocycles. The first-order valence-electron chi connectivity index (χ1n) is 12.5. The zero-order chi connectivity index (χ0) is 24.8. The van der Waals surface area contributed by atoms with Crippen molar-refractivity contribution >= 4 is 11.6 Å². The van der Waals surface area contributed by atoms with Gasteiger partial charge in [-0.1, -0.05) is 61.8 Å². The average molecular weight is 462 g/mol. The standard InChI is InChI=1S/C30H39NO3/c1-6-7-9-12-23-18-28(33)29(26-17-21(4)15-16-25(26)20(2)3)30(34)27(23)19-31(22(5)32)24-13-10-8-11-14-24/h8,10-11,13-14,17-18,25-26,33-34H,2,6-7,9,12,15-16,19H2,1,3-5H3. The highest BCUT2D eigenvalue weighted by molar-refractivity contribution is 5.91. The Kier molecular flexibility index (Phi) is 8.60. The number of anilines is 1. The predicted octanol–water partition coefficient (Wildman–Crippen LogP) is 7.40. The molecule has 0 saturated carbocycles. The van der Waals surface area contributed by atoms with E-state index < -0.39 is 0 Å².